The van der Waals surface area contributed by atoms with E-state index in [1.165, 1.54) is 51.4 Å². The molecule has 0 bridgehead atoms. The van der Waals surface area contributed by atoms with Crippen molar-refractivity contribution in [1.29, 1.82) is 10.5 Å². The Bertz CT molecular complexity index is 340. The molecule has 0 N–H and O–H groups in total. The van der Waals surface area contributed by atoms with E-state index in [4.69, 9.17) is 0 Å². The van der Waals surface area contributed by atoms with E-state index < -0.39 is 0 Å². The van der Waals surface area contributed by atoms with E-state index in [-0.39, 0.29) is 11.8 Å². The Kier molecular flexibility index (Phi) is 5.90. The summed E-state index contributed by atoms with van der Waals surface area (Å²) in [7, 11) is 0. The molecule has 2 saturated carbocycles. The Balaban J connectivity index is 2.12. The molecule has 0 aromatic carbocycles. The fourth-order valence-corrected chi connectivity index (χ4v) is 4.57. The molecule has 0 aliphatic heterocycles. The number of nitriles is 2. The summed E-state index contributed by atoms with van der Waals surface area (Å²) in [6, 6.07) is 5.16. The Hall–Kier alpha value is -1.02. The normalized spacial score (nSPS) is 37.0. The predicted molar refractivity (Wildman–Crippen MR) is 80.5 cm³/mol. The van der Waals surface area contributed by atoms with Gasteiger partial charge in [0.2, 0.25) is 0 Å². The lowest BCUT2D eigenvalue weighted by Crippen LogP contribution is -2.30. The first kappa shape index (κ1) is 15.4. The van der Waals surface area contributed by atoms with Gasteiger partial charge >= 0.3 is 0 Å². The minimum atomic E-state index is 0.232. The Labute approximate surface area is 124 Å². The number of nitrogens with zero attached hydrogens (tertiary/aromatic N) is 2. The van der Waals surface area contributed by atoms with Crippen molar-refractivity contribution >= 4 is 0 Å². The van der Waals surface area contributed by atoms with Gasteiger partial charge in [-0.3, -0.25) is 0 Å². The number of rotatable bonds is 2. The van der Waals surface area contributed by atoms with Crippen LogP contribution in [0.1, 0.15) is 71.1 Å². The molecule has 0 saturated heterocycles. The lowest BCUT2D eigenvalue weighted by Gasteiger charge is -2.34. The molecule has 110 valence electrons. The van der Waals surface area contributed by atoms with Crippen LogP contribution in [-0.2, 0) is 0 Å². The van der Waals surface area contributed by atoms with Crippen LogP contribution in [0, 0.1) is 52.3 Å². The first-order valence-electron chi connectivity index (χ1n) is 8.57. The van der Waals surface area contributed by atoms with Crippen molar-refractivity contribution in [2.24, 2.45) is 29.6 Å². The first-order chi connectivity index (χ1) is 9.77. The molecular weight excluding hydrogens is 244 g/mol. The summed E-state index contributed by atoms with van der Waals surface area (Å²) < 4.78 is 0. The van der Waals surface area contributed by atoms with Crippen molar-refractivity contribution in [3.63, 3.8) is 0 Å². The van der Waals surface area contributed by atoms with Crippen LogP contribution in [0.3, 0.4) is 0 Å². The van der Waals surface area contributed by atoms with Gasteiger partial charge in [-0.05, 0) is 43.4 Å². The van der Waals surface area contributed by atoms with Crippen LogP contribution in [0.5, 0.6) is 0 Å². The molecule has 4 unspecified atom stereocenters. The molecule has 2 heteroatoms. The molecular formula is C18H28N2. The highest BCUT2D eigenvalue weighted by Crippen LogP contribution is 2.42. The fraction of sp³-hybridized carbons (Fsp3) is 0.889. The highest BCUT2D eigenvalue weighted by molar-refractivity contribution is 4.97. The molecule has 2 aliphatic rings. The van der Waals surface area contributed by atoms with Gasteiger partial charge in [-0.2, -0.15) is 10.5 Å². The fourth-order valence-electron chi connectivity index (χ4n) is 4.57. The SMILES string of the molecule is CC(C1CCCCCC1C#N)C1CCCCCC1C#N. The maximum atomic E-state index is 9.50. The third-order valence-corrected chi connectivity index (χ3v) is 5.82. The van der Waals surface area contributed by atoms with Crippen LogP contribution in [0.2, 0.25) is 0 Å². The predicted octanol–water partition coefficient (Wildman–Crippen LogP) is 5.06. The lowest BCUT2D eigenvalue weighted by atomic mass is 9.69. The topological polar surface area (TPSA) is 47.6 Å². The highest BCUT2D eigenvalue weighted by atomic mass is 14.4. The second-order valence-electron chi connectivity index (χ2n) is 6.93. The van der Waals surface area contributed by atoms with Gasteiger partial charge in [-0.25, -0.2) is 0 Å². The summed E-state index contributed by atoms with van der Waals surface area (Å²) in [5, 5.41) is 19.0. The molecule has 2 rings (SSSR count). The molecule has 0 amide bonds. The average molecular weight is 272 g/mol. The minimum absolute atomic E-state index is 0.232. The Morgan fingerprint density at radius 3 is 1.50 bits per heavy atom. The zero-order chi connectivity index (χ0) is 14.4. The maximum Gasteiger partial charge on any atom is 0.0658 e. The van der Waals surface area contributed by atoms with Gasteiger partial charge in [-0.1, -0.05) is 45.4 Å². The van der Waals surface area contributed by atoms with Gasteiger partial charge in [0.05, 0.1) is 12.1 Å². The molecule has 0 radical (unpaired) electrons. The van der Waals surface area contributed by atoms with E-state index in [2.05, 4.69) is 19.1 Å². The van der Waals surface area contributed by atoms with Crippen molar-refractivity contribution in [2.45, 2.75) is 71.1 Å². The molecule has 0 spiro atoms. The van der Waals surface area contributed by atoms with E-state index in [1.54, 1.807) is 0 Å². The Morgan fingerprint density at radius 2 is 1.10 bits per heavy atom. The average Bonchev–Trinajstić information content (AvgIpc) is 2.85. The lowest BCUT2D eigenvalue weighted by molar-refractivity contribution is 0.155. The van der Waals surface area contributed by atoms with Crippen LogP contribution in [0.25, 0.3) is 0 Å². The molecule has 2 aliphatic carbocycles. The van der Waals surface area contributed by atoms with Crippen LogP contribution < -0.4 is 0 Å². The van der Waals surface area contributed by atoms with E-state index in [0.29, 0.717) is 17.8 Å². The quantitative estimate of drug-likeness (QED) is 0.659. The minimum Gasteiger partial charge on any atom is -0.198 e. The molecule has 0 heterocycles. The molecule has 0 aromatic heterocycles. The van der Waals surface area contributed by atoms with Gasteiger partial charge in [0.15, 0.2) is 0 Å². The smallest absolute Gasteiger partial charge is 0.0658 e. The molecule has 4 atom stereocenters. The second-order valence-corrected chi connectivity index (χ2v) is 6.93. The standard InChI is InChI=1S/C18H28N2/c1-14(17-10-6-2-4-8-15(17)12-19)18-11-7-3-5-9-16(18)13-20/h14-18H,2-11H2,1H3. The monoisotopic (exact) mass is 272 g/mol. The summed E-state index contributed by atoms with van der Waals surface area (Å²) in [6.07, 6.45) is 12.1. The largest absolute Gasteiger partial charge is 0.198 e. The van der Waals surface area contributed by atoms with Crippen molar-refractivity contribution in [2.75, 3.05) is 0 Å². The van der Waals surface area contributed by atoms with Crippen LogP contribution in [0.15, 0.2) is 0 Å². The molecule has 2 nitrogen and oxygen atoms in total. The maximum absolute atomic E-state index is 9.50. The van der Waals surface area contributed by atoms with Crippen molar-refractivity contribution in [3.05, 3.63) is 0 Å². The summed E-state index contributed by atoms with van der Waals surface area (Å²) in [4.78, 5) is 0. The van der Waals surface area contributed by atoms with Gasteiger partial charge in [0.1, 0.15) is 0 Å². The molecule has 20 heavy (non-hydrogen) atoms. The Morgan fingerprint density at radius 1 is 0.700 bits per heavy atom. The van der Waals surface area contributed by atoms with Gasteiger partial charge < -0.3 is 0 Å². The third kappa shape index (κ3) is 3.54. The van der Waals surface area contributed by atoms with E-state index >= 15 is 0 Å². The van der Waals surface area contributed by atoms with Crippen molar-refractivity contribution < 1.29 is 0 Å². The molecule has 0 aromatic rings. The number of hydrogen-bond acceptors (Lipinski definition) is 2. The molecule has 2 fully saturated rings. The zero-order valence-electron chi connectivity index (χ0n) is 12.9. The van der Waals surface area contributed by atoms with Gasteiger partial charge in [0.25, 0.3) is 0 Å². The summed E-state index contributed by atoms with van der Waals surface area (Å²) in [5.74, 6) is 2.06. The summed E-state index contributed by atoms with van der Waals surface area (Å²) in [5.41, 5.74) is 0. The highest BCUT2D eigenvalue weighted by Gasteiger charge is 2.36. The van der Waals surface area contributed by atoms with E-state index in [9.17, 15) is 10.5 Å². The number of hydrogen-bond donors (Lipinski definition) is 0. The second kappa shape index (κ2) is 7.68. The van der Waals surface area contributed by atoms with E-state index in [0.717, 1.165) is 12.8 Å². The van der Waals surface area contributed by atoms with Crippen LogP contribution in [0.4, 0.5) is 0 Å². The summed E-state index contributed by atoms with van der Waals surface area (Å²) >= 11 is 0. The van der Waals surface area contributed by atoms with Crippen LogP contribution in [-0.4, -0.2) is 0 Å². The van der Waals surface area contributed by atoms with Crippen molar-refractivity contribution in [3.8, 4) is 12.1 Å². The first-order valence-corrected chi connectivity index (χ1v) is 8.57. The van der Waals surface area contributed by atoms with E-state index in [1.807, 2.05) is 0 Å². The zero-order valence-corrected chi connectivity index (χ0v) is 12.9. The van der Waals surface area contributed by atoms with Crippen LogP contribution >= 0.6 is 0 Å². The van der Waals surface area contributed by atoms with Gasteiger partial charge in [-0.15, -0.1) is 0 Å². The van der Waals surface area contributed by atoms with Gasteiger partial charge in [0, 0.05) is 11.8 Å². The van der Waals surface area contributed by atoms with Crippen molar-refractivity contribution in [1.82, 2.24) is 0 Å². The third-order valence-electron chi connectivity index (χ3n) is 5.82. The summed E-state index contributed by atoms with van der Waals surface area (Å²) in [6.45, 7) is 2.33.